The van der Waals surface area contributed by atoms with Crippen LogP contribution in [0.15, 0.2) is 59.5 Å². The molecule has 2 aromatic rings. The molecular formula is C12H9O3S-. The van der Waals surface area contributed by atoms with E-state index in [1.54, 1.807) is 12.1 Å². The zero-order chi connectivity index (χ0) is 11.6. The molecule has 2 aromatic carbocycles. The molecule has 0 aliphatic rings. The van der Waals surface area contributed by atoms with E-state index in [0.29, 0.717) is 0 Å². The summed E-state index contributed by atoms with van der Waals surface area (Å²) in [7, 11) is -4.35. The topological polar surface area (TPSA) is 57.2 Å². The van der Waals surface area contributed by atoms with E-state index in [1.165, 1.54) is 12.1 Å². The van der Waals surface area contributed by atoms with Crippen molar-refractivity contribution >= 4 is 10.1 Å². The van der Waals surface area contributed by atoms with Crippen LogP contribution in [0.2, 0.25) is 0 Å². The van der Waals surface area contributed by atoms with Gasteiger partial charge < -0.3 is 4.55 Å². The van der Waals surface area contributed by atoms with Crippen LogP contribution >= 0.6 is 0 Å². The smallest absolute Gasteiger partial charge is 0.124 e. The fraction of sp³-hybridized carbons (Fsp3) is 0. The molecule has 0 aromatic heterocycles. The molecule has 0 saturated carbocycles. The van der Waals surface area contributed by atoms with Gasteiger partial charge in [0.25, 0.3) is 0 Å². The summed E-state index contributed by atoms with van der Waals surface area (Å²) in [5.74, 6) is 0. The van der Waals surface area contributed by atoms with E-state index in [1.807, 2.05) is 30.3 Å². The van der Waals surface area contributed by atoms with Gasteiger partial charge in [-0.05, 0) is 23.3 Å². The summed E-state index contributed by atoms with van der Waals surface area (Å²) < 4.78 is 32.2. The molecule has 0 aliphatic carbocycles. The summed E-state index contributed by atoms with van der Waals surface area (Å²) in [5.41, 5.74) is 1.87. The Bertz CT molecular complexity index is 571. The molecule has 0 unspecified atom stereocenters. The minimum absolute atomic E-state index is 0.202. The predicted octanol–water partition coefficient (Wildman–Crippen LogP) is 2.26. The first-order valence-electron chi connectivity index (χ1n) is 4.69. The van der Waals surface area contributed by atoms with Crippen LogP contribution in [0, 0.1) is 0 Å². The van der Waals surface area contributed by atoms with Crippen molar-refractivity contribution < 1.29 is 13.0 Å². The predicted molar refractivity (Wildman–Crippen MR) is 59.8 cm³/mol. The average Bonchev–Trinajstić information content (AvgIpc) is 2.29. The Morgan fingerprint density at radius 1 is 0.750 bits per heavy atom. The van der Waals surface area contributed by atoms with E-state index in [-0.39, 0.29) is 4.90 Å². The van der Waals surface area contributed by atoms with Crippen LogP contribution in [0.5, 0.6) is 0 Å². The van der Waals surface area contributed by atoms with E-state index in [4.69, 9.17) is 0 Å². The number of benzene rings is 2. The van der Waals surface area contributed by atoms with Crippen LogP contribution in [0.1, 0.15) is 0 Å². The molecule has 0 saturated heterocycles. The molecule has 0 radical (unpaired) electrons. The lowest BCUT2D eigenvalue weighted by Crippen LogP contribution is -1.97. The van der Waals surface area contributed by atoms with Crippen LogP contribution in [-0.4, -0.2) is 13.0 Å². The van der Waals surface area contributed by atoms with Gasteiger partial charge in [0.1, 0.15) is 10.1 Å². The van der Waals surface area contributed by atoms with Crippen LogP contribution in [-0.2, 0) is 10.1 Å². The van der Waals surface area contributed by atoms with Gasteiger partial charge in [-0.1, -0.05) is 42.5 Å². The van der Waals surface area contributed by atoms with Crippen molar-refractivity contribution in [3.05, 3.63) is 54.6 Å². The average molecular weight is 233 g/mol. The molecule has 16 heavy (non-hydrogen) atoms. The van der Waals surface area contributed by atoms with Crippen molar-refractivity contribution in [1.29, 1.82) is 0 Å². The maximum atomic E-state index is 10.7. The molecule has 0 spiro atoms. The summed E-state index contributed by atoms with van der Waals surface area (Å²) in [6.07, 6.45) is 0. The minimum Gasteiger partial charge on any atom is -0.744 e. The highest BCUT2D eigenvalue weighted by atomic mass is 32.2. The molecule has 0 aliphatic heterocycles. The molecule has 82 valence electrons. The number of rotatable bonds is 2. The van der Waals surface area contributed by atoms with Gasteiger partial charge in [0, 0.05) is 0 Å². The highest BCUT2D eigenvalue weighted by Gasteiger charge is 2.01. The van der Waals surface area contributed by atoms with E-state index in [2.05, 4.69) is 0 Å². The number of hydrogen-bond donors (Lipinski definition) is 0. The Morgan fingerprint density at radius 3 is 1.75 bits per heavy atom. The minimum atomic E-state index is -4.35. The zero-order valence-corrected chi connectivity index (χ0v) is 9.15. The maximum absolute atomic E-state index is 10.7. The Morgan fingerprint density at radius 2 is 1.25 bits per heavy atom. The third-order valence-corrected chi connectivity index (χ3v) is 3.10. The summed E-state index contributed by atoms with van der Waals surface area (Å²) in [4.78, 5) is -0.202. The Labute approximate surface area is 94.1 Å². The van der Waals surface area contributed by atoms with Crippen molar-refractivity contribution in [2.75, 3.05) is 0 Å². The summed E-state index contributed by atoms with van der Waals surface area (Å²) in [5, 5.41) is 0. The number of hydrogen-bond acceptors (Lipinski definition) is 3. The van der Waals surface area contributed by atoms with Crippen LogP contribution in [0.3, 0.4) is 0 Å². The molecule has 4 heteroatoms. The van der Waals surface area contributed by atoms with E-state index < -0.39 is 10.1 Å². The lowest BCUT2D eigenvalue weighted by Gasteiger charge is -2.07. The Hall–Kier alpha value is -1.65. The quantitative estimate of drug-likeness (QED) is 0.747. The largest absolute Gasteiger partial charge is 0.744 e. The molecule has 0 amide bonds. The second-order valence-electron chi connectivity index (χ2n) is 3.34. The first-order valence-corrected chi connectivity index (χ1v) is 6.09. The Kier molecular flexibility index (Phi) is 2.77. The summed E-state index contributed by atoms with van der Waals surface area (Å²) in [6, 6.07) is 15.4. The molecule has 3 nitrogen and oxygen atoms in total. The van der Waals surface area contributed by atoms with Crippen LogP contribution in [0.4, 0.5) is 0 Å². The lowest BCUT2D eigenvalue weighted by molar-refractivity contribution is 0.463. The van der Waals surface area contributed by atoms with E-state index in [0.717, 1.165) is 11.1 Å². The Balaban J connectivity index is 2.41. The van der Waals surface area contributed by atoms with Crippen molar-refractivity contribution in [3.63, 3.8) is 0 Å². The van der Waals surface area contributed by atoms with Gasteiger partial charge in [-0.25, -0.2) is 8.42 Å². The molecule has 0 heterocycles. The molecule has 0 bridgehead atoms. The zero-order valence-electron chi connectivity index (χ0n) is 8.33. The highest BCUT2D eigenvalue weighted by molar-refractivity contribution is 7.85. The molecule has 2 rings (SSSR count). The lowest BCUT2D eigenvalue weighted by atomic mass is 10.1. The van der Waals surface area contributed by atoms with Gasteiger partial charge in [0.15, 0.2) is 0 Å². The third kappa shape index (κ3) is 2.29. The molecule has 0 N–H and O–H groups in total. The fourth-order valence-corrected chi connectivity index (χ4v) is 1.91. The van der Waals surface area contributed by atoms with Crippen molar-refractivity contribution in [2.24, 2.45) is 0 Å². The van der Waals surface area contributed by atoms with Crippen molar-refractivity contribution in [1.82, 2.24) is 0 Å². The standard InChI is InChI=1S/C12H10O3S/c13-16(14,15)12-8-6-11(7-9-12)10-4-2-1-3-5-10/h1-9H,(H,13,14,15)/p-1. The normalized spacial score (nSPS) is 11.3. The van der Waals surface area contributed by atoms with E-state index >= 15 is 0 Å². The first-order chi connectivity index (χ1) is 7.57. The second-order valence-corrected chi connectivity index (χ2v) is 4.72. The second kappa shape index (κ2) is 4.08. The molecular weight excluding hydrogens is 224 g/mol. The van der Waals surface area contributed by atoms with E-state index in [9.17, 15) is 13.0 Å². The van der Waals surface area contributed by atoms with Gasteiger partial charge >= 0.3 is 0 Å². The maximum Gasteiger partial charge on any atom is 0.124 e. The van der Waals surface area contributed by atoms with Gasteiger partial charge in [0.05, 0.1) is 4.90 Å². The third-order valence-electron chi connectivity index (χ3n) is 2.25. The first kappa shape index (κ1) is 10.9. The SMILES string of the molecule is O=S(=O)([O-])c1ccc(-c2ccccc2)cc1. The monoisotopic (exact) mass is 233 g/mol. The van der Waals surface area contributed by atoms with Crippen LogP contribution < -0.4 is 0 Å². The van der Waals surface area contributed by atoms with Crippen molar-refractivity contribution in [2.45, 2.75) is 4.90 Å². The van der Waals surface area contributed by atoms with Crippen molar-refractivity contribution in [3.8, 4) is 11.1 Å². The summed E-state index contributed by atoms with van der Waals surface area (Å²) >= 11 is 0. The van der Waals surface area contributed by atoms with Gasteiger partial charge in [-0.3, -0.25) is 0 Å². The van der Waals surface area contributed by atoms with Gasteiger partial charge in [0.2, 0.25) is 0 Å². The summed E-state index contributed by atoms with van der Waals surface area (Å²) in [6.45, 7) is 0. The van der Waals surface area contributed by atoms with Gasteiger partial charge in [-0.15, -0.1) is 0 Å². The highest BCUT2D eigenvalue weighted by Crippen LogP contribution is 2.20. The van der Waals surface area contributed by atoms with Gasteiger partial charge in [-0.2, -0.15) is 0 Å². The molecule has 0 fully saturated rings. The fourth-order valence-electron chi connectivity index (χ4n) is 1.44. The van der Waals surface area contributed by atoms with Crippen LogP contribution in [0.25, 0.3) is 11.1 Å². The molecule has 0 atom stereocenters.